The maximum absolute atomic E-state index is 10.0. The van der Waals surface area contributed by atoms with E-state index in [2.05, 4.69) is 15.1 Å². The number of anilines is 1. The Morgan fingerprint density at radius 3 is 2.70 bits per heavy atom. The van der Waals surface area contributed by atoms with Crippen LogP contribution < -0.4 is 10.6 Å². The molecule has 1 aromatic heterocycles. The Bertz CT molecular complexity index is 559. The molecule has 2 heterocycles. The highest BCUT2D eigenvalue weighted by molar-refractivity contribution is 6.01. The summed E-state index contributed by atoms with van der Waals surface area (Å²) in [5.74, 6) is 1.57. The van der Waals surface area contributed by atoms with Crippen LogP contribution in [-0.4, -0.2) is 40.3 Å². The van der Waals surface area contributed by atoms with Crippen LogP contribution >= 0.6 is 0 Å². The molecule has 0 aromatic carbocycles. The van der Waals surface area contributed by atoms with Gasteiger partial charge in [-0.3, -0.25) is 5.41 Å². The van der Waals surface area contributed by atoms with Gasteiger partial charge in [0, 0.05) is 19.0 Å². The second-order valence-electron chi connectivity index (χ2n) is 6.00. The number of nitrogens with one attached hydrogen (secondary N) is 1. The lowest BCUT2D eigenvalue weighted by Gasteiger charge is -2.22. The Hall–Kier alpha value is -1.69. The number of hydrogen-bond acceptors (Lipinski definition) is 5. The van der Waals surface area contributed by atoms with Crippen molar-refractivity contribution in [2.45, 2.75) is 32.8 Å². The molecular formula is C14H21N5O. The van der Waals surface area contributed by atoms with Crippen molar-refractivity contribution in [1.29, 1.82) is 5.41 Å². The zero-order valence-corrected chi connectivity index (χ0v) is 11.9. The molecule has 1 aromatic rings. The third kappa shape index (κ3) is 1.95. The fourth-order valence-electron chi connectivity index (χ4n) is 3.55. The van der Waals surface area contributed by atoms with Crippen LogP contribution in [0.4, 0.5) is 5.82 Å². The van der Waals surface area contributed by atoms with E-state index in [0.717, 1.165) is 37.2 Å². The maximum atomic E-state index is 10.0. The molecule has 1 saturated carbocycles. The molecule has 1 aliphatic heterocycles. The Morgan fingerprint density at radius 2 is 2.05 bits per heavy atom. The molecule has 3 rings (SSSR count). The van der Waals surface area contributed by atoms with Gasteiger partial charge in [-0.05, 0) is 38.2 Å². The van der Waals surface area contributed by atoms with Gasteiger partial charge in [-0.2, -0.15) is 5.10 Å². The third-order valence-electron chi connectivity index (χ3n) is 4.82. The van der Waals surface area contributed by atoms with E-state index in [1.165, 1.54) is 0 Å². The molecule has 6 heteroatoms. The second kappa shape index (κ2) is 4.70. The molecule has 0 spiro atoms. The third-order valence-corrected chi connectivity index (χ3v) is 4.82. The SMILES string of the molecule is Cc1nnc(N2CC3CCC(O)C3C2)c(C(=N)N)c1C. The van der Waals surface area contributed by atoms with Crippen molar-refractivity contribution < 1.29 is 5.11 Å². The number of rotatable bonds is 2. The van der Waals surface area contributed by atoms with Gasteiger partial charge < -0.3 is 15.7 Å². The maximum Gasteiger partial charge on any atom is 0.162 e. The minimum atomic E-state index is -0.203. The van der Waals surface area contributed by atoms with Gasteiger partial charge >= 0.3 is 0 Å². The predicted molar refractivity (Wildman–Crippen MR) is 77.0 cm³/mol. The van der Waals surface area contributed by atoms with Crippen LogP contribution in [-0.2, 0) is 0 Å². The summed E-state index contributed by atoms with van der Waals surface area (Å²) in [6.07, 6.45) is 1.77. The molecule has 0 bridgehead atoms. The van der Waals surface area contributed by atoms with Crippen LogP contribution in [0, 0.1) is 31.1 Å². The normalized spacial score (nSPS) is 28.8. The van der Waals surface area contributed by atoms with Crippen LogP contribution in [0.3, 0.4) is 0 Å². The zero-order chi connectivity index (χ0) is 14.4. The van der Waals surface area contributed by atoms with E-state index >= 15 is 0 Å². The lowest BCUT2D eigenvalue weighted by atomic mass is 10.00. The number of aromatic nitrogens is 2. The molecule has 1 saturated heterocycles. The number of aliphatic hydroxyl groups is 1. The van der Waals surface area contributed by atoms with Crippen LogP contribution in [0.15, 0.2) is 0 Å². The molecular weight excluding hydrogens is 254 g/mol. The molecule has 3 atom stereocenters. The summed E-state index contributed by atoms with van der Waals surface area (Å²) in [4.78, 5) is 2.13. The number of nitrogen functional groups attached to an aromatic ring is 1. The number of fused-ring (bicyclic) bond motifs is 1. The number of aliphatic hydroxyl groups excluding tert-OH is 1. The van der Waals surface area contributed by atoms with Gasteiger partial charge in [-0.25, -0.2) is 0 Å². The van der Waals surface area contributed by atoms with Crippen molar-refractivity contribution in [1.82, 2.24) is 10.2 Å². The predicted octanol–water partition coefficient (Wildman–Crippen LogP) is 0.585. The largest absolute Gasteiger partial charge is 0.393 e. The van der Waals surface area contributed by atoms with Crippen molar-refractivity contribution in [2.75, 3.05) is 18.0 Å². The smallest absolute Gasteiger partial charge is 0.162 e. The number of hydrogen-bond donors (Lipinski definition) is 3. The standard InChI is InChI=1S/C14H21N5O/c1-7-8(2)17-18-14(12(7)13(15)16)19-5-9-3-4-11(20)10(9)6-19/h9-11,20H,3-6H2,1-2H3,(H3,15,16). The molecule has 0 radical (unpaired) electrons. The molecule has 2 fully saturated rings. The minimum Gasteiger partial charge on any atom is -0.393 e. The van der Waals surface area contributed by atoms with Gasteiger partial charge in [0.1, 0.15) is 5.84 Å². The molecule has 6 nitrogen and oxygen atoms in total. The fraction of sp³-hybridized carbons (Fsp3) is 0.643. The first-order valence-corrected chi connectivity index (χ1v) is 7.10. The van der Waals surface area contributed by atoms with Crippen molar-refractivity contribution >= 4 is 11.7 Å². The summed E-state index contributed by atoms with van der Waals surface area (Å²) >= 11 is 0. The molecule has 3 unspecified atom stereocenters. The molecule has 4 N–H and O–H groups in total. The highest BCUT2D eigenvalue weighted by Gasteiger charge is 2.43. The Morgan fingerprint density at radius 1 is 1.30 bits per heavy atom. The first-order chi connectivity index (χ1) is 9.49. The van der Waals surface area contributed by atoms with E-state index in [1.54, 1.807) is 0 Å². The molecule has 108 valence electrons. The number of amidine groups is 1. The summed E-state index contributed by atoms with van der Waals surface area (Å²) in [6.45, 7) is 5.46. The summed E-state index contributed by atoms with van der Waals surface area (Å²) in [6, 6.07) is 0. The average Bonchev–Trinajstić information content (AvgIpc) is 2.95. The van der Waals surface area contributed by atoms with Crippen molar-refractivity contribution in [3.8, 4) is 0 Å². The quantitative estimate of drug-likeness (QED) is 0.542. The fourth-order valence-corrected chi connectivity index (χ4v) is 3.55. The number of nitrogens with two attached hydrogens (primary N) is 1. The van der Waals surface area contributed by atoms with Crippen LogP contribution in [0.25, 0.3) is 0 Å². The molecule has 20 heavy (non-hydrogen) atoms. The Balaban J connectivity index is 1.96. The molecule has 0 amide bonds. The van der Waals surface area contributed by atoms with E-state index in [9.17, 15) is 5.11 Å². The molecule has 1 aliphatic carbocycles. The van der Waals surface area contributed by atoms with E-state index < -0.39 is 0 Å². The first-order valence-electron chi connectivity index (χ1n) is 7.10. The Labute approximate surface area is 118 Å². The second-order valence-corrected chi connectivity index (χ2v) is 6.00. The summed E-state index contributed by atoms with van der Waals surface area (Å²) in [7, 11) is 0. The van der Waals surface area contributed by atoms with Crippen molar-refractivity contribution in [3.63, 3.8) is 0 Å². The minimum absolute atomic E-state index is 0.0353. The topological polar surface area (TPSA) is 99.1 Å². The first kappa shape index (κ1) is 13.3. The van der Waals surface area contributed by atoms with Gasteiger partial charge in [0.2, 0.25) is 0 Å². The van der Waals surface area contributed by atoms with Gasteiger partial charge in [0.15, 0.2) is 5.82 Å². The van der Waals surface area contributed by atoms with Gasteiger partial charge in [-0.1, -0.05) is 0 Å². The van der Waals surface area contributed by atoms with E-state index in [4.69, 9.17) is 11.1 Å². The van der Waals surface area contributed by atoms with Crippen LogP contribution in [0.2, 0.25) is 0 Å². The van der Waals surface area contributed by atoms with E-state index in [1.807, 2.05) is 13.8 Å². The highest BCUT2D eigenvalue weighted by atomic mass is 16.3. The highest BCUT2D eigenvalue weighted by Crippen LogP contribution is 2.40. The molecule has 2 aliphatic rings. The monoisotopic (exact) mass is 275 g/mol. The van der Waals surface area contributed by atoms with Gasteiger partial charge in [0.05, 0.1) is 17.4 Å². The van der Waals surface area contributed by atoms with Crippen LogP contribution in [0.1, 0.15) is 29.7 Å². The average molecular weight is 275 g/mol. The zero-order valence-electron chi connectivity index (χ0n) is 11.9. The summed E-state index contributed by atoms with van der Waals surface area (Å²) in [5.41, 5.74) is 8.14. The summed E-state index contributed by atoms with van der Waals surface area (Å²) in [5, 5.41) is 26.3. The lowest BCUT2D eigenvalue weighted by Crippen LogP contribution is -2.29. The number of nitrogens with zero attached hydrogens (tertiary/aromatic N) is 3. The summed E-state index contributed by atoms with van der Waals surface area (Å²) < 4.78 is 0. The Kier molecular flexibility index (Phi) is 3.12. The van der Waals surface area contributed by atoms with E-state index in [0.29, 0.717) is 23.2 Å². The van der Waals surface area contributed by atoms with Crippen molar-refractivity contribution in [3.05, 3.63) is 16.8 Å². The lowest BCUT2D eigenvalue weighted by molar-refractivity contribution is 0.133. The van der Waals surface area contributed by atoms with Gasteiger partial charge in [0.25, 0.3) is 0 Å². The van der Waals surface area contributed by atoms with Crippen LogP contribution in [0.5, 0.6) is 0 Å². The van der Waals surface area contributed by atoms with Gasteiger partial charge in [-0.15, -0.1) is 5.10 Å². The number of aryl methyl sites for hydroxylation is 1. The van der Waals surface area contributed by atoms with E-state index in [-0.39, 0.29) is 11.9 Å². The van der Waals surface area contributed by atoms with Crippen molar-refractivity contribution in [2.24, 2.45) is 17.6 Å².